The smallest absolute Gasteiger partial charge is 0.123 e. The first-order chi connectivity index (χ1) is 7.84. The van der Waals surface area contributed by atoms with Crippen molar-refractivity contribution in [2.24, 2.45) is 0 Å². The van der Waals surface area contributed by atoms with Gasteiger partial charge in [0, 0.05) is 6.04 Å². The van der Waals surface area contributed by atoms with Crippen molar-refractivity contribution in [3.05, 3.63) is 30.1 Å². The molecule has 1 atom stereocenters. The second-order valence-corrected chi connectivity index (χ2v) is 4.24. The van der Waals surface area contributed by atoms with E-state index in [9.17, 15) is 4.39 Å². The van der Waals surface area contributed by atoms with E-state index in [2.05, 4.69) is 5.32 Å². The van der Waals surface area contributed by atoms with Crippen molar-refractivity contribution in [3.8, 4) is 5.75 Å². The van der Waals surface area contributed by atoms with Crippen molar-refractivity contribution in [1.29, 1.82) is 0 Å². The Hall–Kier alpha value is -1.09. The summed E-state index contributed by atoms with van der Waals surface area (Å²) in [6.07, 6.45) is 4.87. The van der Waals surface area contributed by atoms with E-state index in [1.165, 1.54) is 31.4 Å². The van der Waals surface area contributed by atoms with Gasteiger partial charge < -0.3 is 10.1 Å². The quantitative estimate of drug-likeness (QED) is 0.847. The SMILES string of the molecule is Fc1ccc(OCC[C@@H]2CCCCN2)cc1. The number of ether oxygens (including phenoxy) is 1. The summed E-state index contributed by atoms with van der Waals surface area (Å²) >= 11 is 0. The highest BCUT2D eigenvalue weighted by molar-refractivity contribution is 5.21. The van der Waals surface area contributed by atoms with Gasteiger partial charge in [-0.2, -0.15) is 0 Å². The monoisotopic (exact) mass is 223 g/mol. The largest absolute Gasteiger partial charge is 0.494 e. The molecule has 1 aliphatic heterocycles. The number of hydrogen-bond donors (Lipinski definition) is 1. The van der Waals surface area contributed by atoms with Gasteiger partial charge in [0.1, 0.15) is 11.6 Å². The first-order valence-electron chi connectivity index (χ1n) is 5.96. The van der Waals surface area contributed by atoms with Crippen LogP contribution in [0.3, 0.4) is 0 Å². The summed E-state index contributed by atoms with van der Waals surface area (Å²) in [6, 6.07) is 6.78. The Morgan fingerprint density at radius 1 is 1.25 bits per heavy atom. The molecule has 0 amide bonds. The number of rotatable bonds is 4. The average Bonchev–Trinajstić information content (AvgIpc) is 2.33. The fraction of sp³-hybridized carbons (Fsp3) is 0.538. The first kappa shape index (κ1) is 11.4. The maximum atomic E-state index is 12.6. The zero-order valence-electron chi connectivity index (χ0n) is 9.42. The van der Waals surface area contributed by atoms with Crippen molar-refractivity contribution < 1.29 is 9.13 Å². The van der Waals surface area contributed by atoms with Crippen molar-refractivity contribution in [1.82, 2.24) is 5.32 Å². The molecule has 2 rings (SSSR count). The number of hydrogen-bond acceptors (Lipinski definition) is 2. The van der Waals surface area contributed by atoms with Crippen LogP contribution in [0, 0.1) is 5.82 Å². The second-order valence-electron chi connectivity index (χ2n) is 4.24. The Morgan fingerprint density at radius 2 is 2.06 bits per heavy atom. The highest BCUT2D eigenvalue weighted by atomic mass is 19.1. The third-order valence-corrected chi connectivity index (χ3v) is 2.96. The fourth-order valence-corrected chi connectivity index (χ4v) is 2.02. The lowest BCUT2D eigenvalue weighted by molar-refractivity contribution is 0.268. The van der Waals surface area contributed by atoms with Crippen LogP contribution >= 0.6 is 0 Å². The topological polar surface area (TPSA) is 21.3 Å². The summed E-state index contributed by atoms with van der Waals surface area (Å²) in [5.74, 6) is 0.526. The van der Waals surface area contributed by atoms with E-state index >= 15 is 0 Å². The van der Waals surface area contributed by atoms with Crippen molar-refractivity contribution in [3.63, 3.8) is 0 Å². The van der Waals surface area contributed by atoms with Crippen LogP contribution in [-0.4, -0.2) is 19.2 Å². The summed E-state index contributed by atoms with van der Waals surface area (Å²) in [4.78, 5) is 0. The van der Waals surface area contributed by atoms with Gasteiger partial charge in [-0.15, -0.1) is 0 Å². The number of piperidine rings is 1. The van der Waals surface area contributed by atoms with E-state index in [4.69, 9.17) is 4.74 Å². The molecule has 1 fully saturated rings. The zero-order chi connectivity index (χ0) is 11.2. The molecule has 0 aromatic heterocycles. The second kappa shape index (κ2) is 5.85. The standard InChI is InChI=1S/C13H18FNO/c14-11-4-6-13(7-5-11)16-10-8-12-3-1-2-9-15-12/h4-7,12,15H,1-3,8-10H2/t12-/m0/s1. The predicted molar refractivity (Wildman–Crippen MR) is 62.2 cm³/mol. The summed E-state index contributed by atoms with van der Waals surface area (Å²) in [6.45, 7) is 1.82. The van der Waals surface area contributed by atoms with Gasteiger partial charge in [0.05, 0.1) is 6.61 Å². The molecule has 0 saturated carbocycles. The lowest BCUT2D eigenvalue weighted by Crippen LogP contribution is -2.35. The molecule has 1 aromatic carbocycles. The van der Waals surface area contributed by atoms with Gasteiger partial charge in [-0.05, 0) is 50.1 Å². The summed E-state index contributed by atoms with van der Waals surface area (Å²) in [7, 11) is 0. The maximum Gasteiger partial charge on any atom is 0.123 e. The highest BCUT2D eigenvalue weighted by Gasteiger charge is 2.11. The average molecular weight is 223 g/mol. The van der Waals surface area contributed by atoms with Crippen LogP contribution in [0.5, 0.6) is 5.75 Å². The molecule has 1 heterocycles. The van der Waals surface area contributed by atoms with E-state index in [1.54, 1.807) is 12.1 Å². The normalized spacial score (nSPS) is 20.7. The van der Waals surface area contributed by atoms with Gasteiger partial charge in [0.25, 0.3) is 0 Å². The van der Waals surface area contributed by atoms with Gasteiger partial charge in [0.15, 0.2) is 0 Å². The predicted octanol–water partition coefficient (Wildman–Crippen LogP) is 2.74. The van der Waals surface area contributed by atoms with Crippen LogP contribution in [0.25, 0.3) is 0 Å². The Bertz CT molecular complexity index is 306. The Kier molecular flexibility index (Phi) is 4.17. The molecule has 3 heteroatoms. The van der Waals surface area contributed by atoms with Crippen LogP contribution < -0.4 is 10.1 Å². The van der Waals surface area contributed by atoms with Gasteiger partial charge in [-0.3, -0.25) is 0 Å². The molecule has 0 unspecified atom stereocenters. The van der Waals surface area contributed by atoms with E-state index < -0.39 is 0 Å². The minimum absolute atomic E-state index is 0.221. The summed E-state index contributed by atoms with van der Waals surface area (Å²) in [5.41, 5.74) is 0. The molecular formula is C13H18FNO. The molecule has 0 spiro atoms. The Balaban J connectivity index is 1.69. The van der Waals surface area contributed by atoms with Crippen molar-refractivity contribution in [2.45, 2.75) is 31.7 Å². The summed E-state index contributed by atoms with van der Waals surface area (Å²) in [5, 5.41) is 3.47. The molecule has 0 bridgehead atoms. The molecule has 88 valence electrons. The lowest BCUT2D eigenvalue weighted by atomic mass is 10.0. The van der Waals surface area contributed by atoms with Crippen molar-refractivity contribution in [2.75, 3.05) is 13.2 Å². The van der Waals surface area contributed by atoms with Gasteiger partial charge in [-0.1, -0.05) is 6.42 Å². The minimum atomic E-state index is -0.221. The van der Waals surface area contributed by atoms with Crippen LogP contribution in [0.15, 0.2) is 24.3 Å². The molecule has 2 nitrogen and oxygen atoms in total. The lowest BCUT2D eigenvalue weighted by Gasteiger charge is -2.23. The Labute approximate surface area is 95.8 Å². The van der Waals surface area contributed by atoms with E-state index in [1.807, 2.05) is 0 Å². The first-order valence-corrected chi connectivity index (χ1v) is 5.96. The highest BCUT2D eigenvalue weighted by Crippen LogP contribution is 2.13. The van der Waals surface area contributed by atoms with E-state index in [0.717, 1.165) is 18.7 Å². The van der Waals surface area contributed by atoms with Crippen LogP contribution in [0.1, 0.15) is 25.7 Å². The van der Waals surface area contributed by atoms with E-state index in [-0.39, 0.29) is 5.82 Å². The number of benzene rings is 1. The third-order valence-electron chi connectivity index (χ3n) is 2.96. The molecule has 1 N–H and O–H groups in total. The molecule has 1 saturated heterocycles. The number of nitrogens with one attached hydrogen (secondary N) is 1. The minimum Gasteiger partial charge on any atom is -0.494 e. The molecule has 0 radical (unpaired) electrons. The summed E-state index contributed by atoms with van der Waals surface area (Å²) < 4.78 is 18.2. The maximum absolute atomic E-state index is 12.6. The van der Waals surface area contributed by atoms with Crippen LogP contribution in [0.2, 0.25) is 0 Å². The zero-order valence-corrected chi connectivity index (χ0v) is 9.42. The van der Waals surface area contributed by atoms with Gasteiger partial charge >= 0.3 is 0 Å². The number of halogens is 1. The Morgan fingerprint density at radius 3 is 2.75 bits per heavy atom. The molecular weight excluding hydrogens is 205 g/mol. The van der Waals surface area contributed by atoms with E-state index in [0.29, 0.717) is 12.6 Å². The van der Waals surface area contributed by atoms with Crippen molar-refractivity contribution >= 4 is 0 Å². The van der Waals surface area contributed by atoms with Gasteiger partial charge in [0.2, 0.25) is 0 Å². The molecule has 16 heavy (non-hydrogen) atoms. The van der Waals surface area contributed by atoms with Gasteiger partial charge in [-0.25, -0.2) is 4.39 Å². The molecule has 1 aromatic rings. The molecule has 0 aliphatic carbocycles. The van der Waals surface area contributed by atoms with Crippen LogP contribution in [-0.2, 0) is 0 Å². The fourth-order valence-electron chi connectivity index (χ4n) is 2.02. The van der Waals surface area contributed by atoms with Crippen LogP contribution in [0.4, 0.5) is 4.39 Å². The third kappa shape index (κ3) is 3.49. The molecule has 1 aliphatic rings.